The van der Waals surface area contributed by atoms with Crippen LogP contribution in [-0.4, -0.2) is 42.4 Å². The van der Waals surface area contributed by atoms with Crippen LogP contribution in [0.4, 0.5) is 0 Å². The summed E-state index contributed by atoms with van der Waals surface area (Å²) >= 11 is 0. The molecule has 1 N–H and O–H groups in total. The minimum atomic E-state index is 0.320. The van der Waals surface area contributed by atoms with Crippen molar-refractivity contribution in [1.29, 1.82) is 0 Å². The van der Waals surface area contributed by atoms with Gasteiger partial charge in [-0.05, 0) is 69.7 Å². The van der Waals surface area contributed by atoms with Gasteiger partial charge in [-0.25, -0.2) is 0 Å². The van der Waals surface area contributed by atoms with Crippen molar-refractivity contribution >= 4 is 0 Å². The summed E-state index contributed by atoms with van der Waals surface area (Å²) in [7, 11) is 0. The summed E-state index contributed by atoms with van der Waals surface area (Å²) in [5.74, 6) is 1.02. The second-order valence-corrected chi connectivity index (χ2v) is 6.17. The zero-order chi connectivity index (χ0) is 15.1. The lowest BCUT2D eigenvalue weighted by atomic mass is 10.1. The Hall–Kier alpha value is -1.06. The minimum absolute atomic E-state index is 0.320. The fourth-order valence-electron chi connectivity index (χ4n) is 3.16. The molecule has 1 aromatic rings. The predicted octanol–water partition coefficient (Wildman–Crippen LogP) is 3.31. The van der Waals surface area contributed by atoms with Crippen molar-refractivity contribution in [3.63, 3.8) is 0 Å². The molecule has 0 aromatic heterocycles. The Kier molecular flexibility index (Phi) is 6.52. The van der Waals surface area contributed by atoms with Crippen molar-refractivity contribution in [2.75, 3.05) is 26.3 Å². The van der Waals surface area contributed by atoms with Gasteiger partial charge in [0.05, 0.1) is 6.61 Å². The fourth-order valence-corrected chi connectivity index (χ4v) is 3.16. The fraction of sp³-hybridized carbons (Fsp3) is 0.667. The molecular weight excluding hydrogens is 262 g/mol. The average Bonchev–Trinajstić information content (AvgIpc) is 2.92. The summed E-state index contributed by atoms with van der Waals surface area (Å²) in [6.45, 7) is 7.62. The highest BCUT2D eigenvalue weighted by Crippen LogP contribution is 2.22. The number of rotatable bonds is 8. The number of hydrogen-bond donors (Lipinski definition) is 1. The first-order chi connectivity index (χ1) is 10.2. The van der Waals surface area contributed by atoms with Gasteiger partial charge in [0.2, 0.25) is 0 Å². The third-order valence-electron chi connectivity index (χ3n) is 4.39. The van der Waals surface area contributed by atoms with Gasteiger partial charge >= 0.3 is 0 Å². The molecule has 0 bridgehead atoms. The van der Waals surface area contributed by atoms with E-state index < -0.39 is 0 Å². The molecule has 21 heavy (non-hydrogen) atoms. The van der Waals surface area contributed by atoms with E-state index in [-0.39, 0.29) is 0 Å². The predicted molar refractivity (Wildman–Crippen MR) is 86.9 cm³/mol. The van der Waals surface area contributed by atoms with Crippen LogP contribution >= 0.6 is 0 Å². The smallest absolute Gasteiger partial charge is 0.122 e. The van der Waals surface area contributed by atoms with E-state index in [0.717, 1.165) is 38.2 Å². The highest BCUT2D eigenvalue weighted by molar-refractivity contribution is 5.35. The van der Waals surface area contributed by atoms with Crippen molar-refractivity contribution in [3.8, 4) is 5.75 Å². The lowest BCUT2D eigenvalue weighted by molar-refractivity contribution is 0.199. The van der Waals surface area contributed by atoms with Crippen molar-refractivity contribution in [2.45, 2.75) is 52.0 Å². The van der Waals surface area contributed by atoms with Crippen molar-refractivity contribution in [1.82, 2.24) is 4.90 Å². The molecule has 1 aromatic carbocycles. The molecule has 0 spiro atoms. The number of nitrogens with zero attached hydrogens (tertiary/aromatic N) is 1. The molecule has 1 aliphatic rings. The Balaban J connectivity index is 1.70. The maximum atomic E-state index is 8.96. The zero-order valence-corrected chi connectivity index (χ0v) is 13.5. The van der Waals surface area contributed by atoms with Crippen LogP contribution < -0.4 is 4.74 Å². The largest absolute Gasteiger partial charge is 0.493 e. The number of aliphatic hydroxyl groups excluding tert-OH is 1. The summed E-state index contributed by atoms with van der Waals surface area (Å²) in [4.78, 5) is 2.57. The van der Waals surface area contributed by atoms with Crippen molar-refractivity contribution in [3.05, 3.63) is 29.3 Å². The third-order valence-corrected chi connectivity index (χ3v) is 4.39. The zero-order valence-electron chi connectivity index (χ0n) is 13.5. The number of hydrogen-bond acceptors (Lipinski definition) is 3. The van der Waals surface area contributed by atoms with Crippen LogP contribution in [0.2, 0.25) is 0 Å². The summed E-state index contributed by atoms with van der Waals surface area (Å²) in [5.41, 5.74) is 2.46. The van der Waals surface area contributed by atoms with Crippen LogP contribution in [-0.2, 0) is 0 Å². The highest BCUT2D eigenvalue weighted by atomic mass is 16.5. The van der Waals surface area contributed by atoms with Crippen LogP contribution in [0.15, 0.2) is 18.2 Å². The maximum absolute atomic E-state index is 8.96. The van der Waals surface area contributed by atoms with E-state index >= 15 is 0 Å². The first-order valence-electron chi connectivity index (χ1n) is 8.25. The van der Waals surface area contributed by atoms with Gasteiger partial charge in [0.15, 0.2) is 0 Å². The summed E-state index contributed by atoms with van der Waals surface area (Å²) in [6, 6.07) is 7.04. The minimum Gasteiger partial charge on any atom is -0.493 e. The highest BCUT2D eigenvalue weighted by Gasteiger charge is 2.23. The Morgan fingerprint density at radius 3 is 2.95 bits per heavy atom. The molecule has 2 rings (SSSR count). The first-order valence-corrected chi connectivity index (χ1v) is 8.25. The van der Waals surface area contributed by atoms with Crippen LogP contribution in [0.3, 0.4) is 0 Å². The molecule has 1 unspecified atom stereocenters. The Morgan fingerprint density at radius 2 is 2.14 bits per heavy atom. The summed E-state index contributed by atoms with van der Waals surface area (Å²) < 4.78 is 5.93. The normalized spacial score (nSPS) is 19.1. The number of aliphatic hydroxyl groups is 1. The SMILES string of the molecule is Cc1ccc(C)c(OCCCN2CCCC2CCCO)c1. The molecule has 3 heteroatoms. The first kappa shape index (κ1) is 16.3. The van der Waals surface area contributed by atoms with Crippen molar-refractivity contribution in [2.24, 2.45) is 0 Å². The van der Waals surface area contributed by atoms with Gasteiger partial charge < -0.3 is 14.7 Å². The van der Waals surface area contributed by atoms with Gasteiger partial charge in [-0.3, -0.25) is 0 Å². The molecule has 0 amide bonds. The number of ether oxygens (including phenoxy) is 1. The van der Waals surface area contributed by atoms with Gasteiger partial charge in [-0.2, -0.15) is 0 Å². The van der Waals surface area contributed by atoms with Crippen molar-refractivity contribution < 1.29 is 9.84 Å². The van der Waals surface area contributed by atoms with Crippen LogP contribution in [0, 0.1) is 13.8 Å². The quantitative estimate of drug-likeness (QED) is 0.746. The van der Waals surface area contributed by atoms with E-state index in [9.17, 15) is 0 Å². The van der Waals surface area contributed by atoms with Gasteiger partial charge in [-0.1, -0.05) is 12.1 Å². The van der Waals surface area contributed by atoms with Gasteiger partial charge in [0.1, 0.15) is 5.75 Å². The topological polar surface area (TPSA) is 32.7 Å². The molecule has 0 radical (unpaired) electrons. The molecule has 3 nitrogen and oxygen atoms in total. The summed E-state index contributed by atoms with van der Waals surface area (Å²) in [6.07, 6.45) is 5.73. The van der Waals surface area contributed by atoms with E-state index in [1.165, 1.54) is 30.5 Å². The second-order valence-electron chi connectivity index (χ2n) is 6.17. The van der Waals surface area contributed by atoms with Crippen LogP contribution in [0.5, 0.6) is 5.75 Å². The van der Waals surface area contributed by atoms with Gasteiger partial charge in [0, 0.05) is 19.2 Å². The van der Waals surface area contributed by atoms with Gasteiger partial charge in [-0.15, -0.1) is 0 Å². The number of aryl methyl sites for hydroxylation is 2. The molecule has 118 valence electrons. The van der Waals surface area contributed by atoms with E-state index in [1.807, 2.05) is 0 Å². The van der Waals surface area contributed by atoms with E-state index in [1.54, 1.807) is 0 Å². The van der Waals surface area contributed by atoms with E-state index in [2.05, 4.69) is 36.9 Å². The van der Waals surface area contributed by atoms with Crippen LogP contribution in [0.1, 0.15) is 43.2 Å². The van der Waals surface area contributed by atoms with E-state index in [0.29, 0.717) is 12.6 Å². The second kappa shape index (κ2) is 8.40. The monoisotopic (exact) mass is 291 g/mol. The molecule has 0 saturated carbocycles. The molecule has 1 aliphatic heterocycles. The number of benzene rings is 1. The molecule has 1 heterocycles. The molecule has 1 saturated heterocycles. The molecule has 1 atom stereocenters. The Labute approximate surface area is 128 Å². The van der Waals surface area contributed by atoms with Gasteiger partial charge in [0.25, 0.3) is 0 Å². The average molecular weight is 291 g/mol. The number of likely N-dealkylation sites (tertiary alicyclic amines) is 1. The third kappa shape index (κ3) is 5.01. The Morgan fingerprint density at radius 1 is 1.29 bits per heavy atom. The van der Waals surface area contributed by atoms with E-state index in [4.69, 9.17) is 9.84 Å². The summed E-state index contributed by atoms with van der Waals surface area (Å²) in [5, 5.41) is 8.96. The maximum Gasteiger partial charge on any atom is 0.122 e. The molecular formula is C18H29NO2. The lowest BCUT2D eigenvalue weighted by Crippen LogP contribution is -2.31. The standard InChI is InChI=1S/C18H29NO2/c1-15-8-9-16(2)18(14-15)21-13-5-11-19-10-3-6-17(19)7-4-12-20/h8-9,14,17,20H,3-7,10-13H2,1-2H3. The lowest BCUT2D eigenvalue weighted by Gasteiger charge is -2.24. The van der Waals surface area contributed by atoms with Crippen LogP contribution in [0.25, 0.3) is 0 Å². The molecule has 1 fully saturated rings. The molecule has 0 aliphatic carbocycles. The Bertz CT molecular complexity index is 433.